The lowest BCUT2D eigenvalue weighted by atomic mass is 10.4. The van der Waals surface area contributed by atoms with Crippen molar-refractivity contribution in [2.24, 2.45) is 0 Å². The molecule has 0 amide bonds. The summed E-state index contributed by atoms with van der Waals surface area (Å²) in [5, 5.41) is 0.412. The zero-order chi connectivity index (χ0) is 8.32. The first kappa shape index (κ1) is 8.63. The molecule has 5 heteroatoms. The predicted octanol–water partition coefficient (Wildman–Crippen LogP) is -1.08. The third-order valence-electron chi connectivity index (χ3n) is 1.29. The summed E-state index contributed by atoms with van der Waals surface area (Å²) in [6.45, 7) is 0. The van der Waals surface area contributed by atoms with Crippen LogP contribution in [0, 0.1) is 0 Å². The Morgan fingerprint density at radius 2 is 1.73 bits per heavy atom. The van der Waals surface area contributed by atoms with Crippen LogP contribution in [0.5, 0.6) is 0 Å². The van der Waals surface area contributed by atoms with Crippen LogP contribution < -0.4 is 5.19 Å². The fourth-order valence-corrected chi connectivity index (χ4v) is 1.81. The molecule has 0 aliphatic carbocycles. The standard InChI is InChI=1S/C6H7O3Si2/c7-11(8,9-10)6-4-2-1-3-5-6/h1-5,7-8H. The summed E-state index contributed by atoms with van der Waals surface area (Å²) in [5.74, 6) is 0. The molecule has 0 saturated carbocycles. The van der Waals surface area contributed by atoms with Gasteiger partial charge in [-0.1, -0.05) is 30.3 Å². The van der Waals surface area contributed by atoms with Gasteiger partial charge in [0, 0.05) is 5.19 Å². The van der Waals surface area contributed by atoms with Gasteiger partial charge in [0.15, 0.2) is 0 Å². The van der Waals surface area contributed by atoms with Crippen LogP contribution in [-0.2, 0) is 4.12 Å². The fraction of sp³-hybridized carbons (Fsp3) is 0. The topological polar surface area (TPSA) is 49.7 Å². The Bertz CT molecular complexity index is 225. The van der Waals surface area contributed by atoms with Crippen molar-refractivity contribution in [2.75, 3.05) is 0 Å². The highest BCUT2D eigenvalue weighted by Crippen LogP contribution is 1.94. The van der Waals surface area contributed by atoms with E-state index in [-0.39, 0.29) is 0 Å². The third-order valence-corrected chi connectivity index (χ3v) is 3.52. The summed E-state index contributed by atoms with van der Waals surface area (Å²) in [6, 6.07) is 8.43. The van der Waals surface area contributed by atoms with Crippen LogP contribution in [0.1, 0.15) is 0 Å². The molecule has 11 heavy (non-hydrogen) atoms. The molecule has 0 bridgehead atoms. The molecular formula is C6H7O3Si2. The predicted molar refractivity (Wildman–Crippen MR) is 43.1 cm³/mol. The van der Waals surface area contributed by atoms with Gasteiger partial charge in [0.1, 0.15) is 0 Å². The Morgan fingerprint density at radius 3 is 2.18 bits per heavy atom. The summed E-state index contributed by atoms with van der Waals surface area (Å²) in [4.78, 5) is 18.4. The number of hydrogen-bond acceptors (Lipinski definition) is 3. The molecule has 0 aliphatic heterocycles. The molecule has 0 saturated heterocycles. The summed E-state index contributed by atoms with van der Waals surface area (Å²) in [7, 11) is -1.02. The molecule has 1 aromatic rings. The molecule has 0 aliphatic rings. The molecule has 0 heterocycles. The lowest BCUT2D eigenvalue weighted by Gasteiger charge is -2.14. The molecule has 0 atom stereocenters. The van der Waals surface area contributed by atoms with E-state index in [0.717, 1.165) is 0 Å². The maximum atomic E-state index is 9.22. The highest BCUT2D eigenvalue weighted by atomic mass is 28.4. The van der Waals surface area contributed by atoms with Gasteiger partial charge in [-0.05, 0) is 0 Å². The van der Waals surface area contributed by atoms with Gasteiger partial charge >= 0.3 is 8.80 Å². The quantitative estimate of drug-likeness (QED) is 0.573. The van der Waals surface area contributed by atoms with E-state index in [1.807, 2.05) is 0 Å². The van der Waals surface area contributed by atoms with Crippen molar-refractivity contribution in [2.45, 2.75) is 0 Å². The van der Waals surface area contributed by atoms with Crippen molar-refractivity contribution >= 4 is 24.5 Å². The minimum absolute atomic E-state index is 0.412. The molecule has 0 fully saturated rings. The van der Waals surface area contributed by atoms with Gasteiger partial charge in [0.25, 0.3) is 0 Å². The van der Waals surface area contributed by atoms with Crippen molar-refractivity contribution in [3.8, 4) is 0 Å². The Kier molecular flexibility index (Phi) is 2.58. The van der Waals surface area contributed by atoms with E-state index in [2.05, 4.69) is 14.6 Å². The molecule has 2 N–H and O–H groups in total. The fourth-order valence-electron chi connectivity index (χ4n) is 0.714. The molecule has 1 aromatic carbocycles. The van der Waals surface area contributed by atoms with E-state index >= 15 is 0 Å². The van der Waals surface area contributed by atoms with Crippen LogP contribution in [0.4, 0.5) is 0 Å². The van der Waals surface area contributed by atoms with Crippen molar-refractivity contribution in [1.29, 1.82) is 0 Å². The Balaban J connectivity index is 2.93. The molecule has 0 unspecified atom stereocenters. The smallest absolute Gasteiger partial charge is 0.412 e. The maximum absolute atomic E-state index is 9.22. The van der Waals surface area contributed by atoms with Crippen LogP contribution in [0.3, 0.4) is 0 Å². The summed E-state index contributed by atoms with van der Waals surface area (Å²) in [6.07, 6.45) is 0. The van der Waals surface area contributed by atoms with E-state index < -0.39 is 8.80 Å². The minimum Gasteiger partial charge on any atom is -0.412 e. The number of benzene rings is 1. The highest BCUT2D eigenvalue weighted by Gasteiger charge is 2.32. The lowest BCUT2D eigenvalue weighted by molar-refractivity contribution is 0.271. The zero-order valence-electron chi connectivity index (χ0n) is 5.69. The first-order valence-electron chi connectivity index (χ1n) is 3.02. The van der Waals surface area contributed by atoms with Crippen molar-refractivity contribution in [3.05, 3.63) is 30.3 Å². The maximum Gasteiger partial charge on any atom is 0.520 e. The second kappa shape index (κ2) is 3.29. The first-order chi connectivity index (χ1) is 5.17. The second-order valence-corrected chi connectivity index (χ2v) is 4.69. The summed E-state index contributed by atoms with van der Waals surface area (Å²) >= 11 is 0. The van der Waals surface area contributed by atoms with Gasteiger partial charge in [-0.2, -0.15) is 0 Å². The van der Waals surface area contributed by atoms with E-state index in [1.54, 1.807) is 30.3 Å². The van der Waals surface area contributed by atoms with Gasteiger partial charge < -0.3 is 13.7 Å². The van der Waals surface area contributed by atoms with Gasteiger partial charge in [-0.15, -0.1) is 0 Å². The van der Waals surface area contributed by atoms with Crippen LogP contribution in [0.25, 0.3) is 0 Å². The zero-order valence-corrected chi connectivity index (χ0v) is 7.69. The molecule has 3 nitrogen and oxygen atoms in total. The van der Waals surface area contributed by atoms with E-state index in [0.29, 0.717) is 5.19 Å². The third kappa shape index (κ3) is 1.98. The molecule has 3 radical (unpaired) electrons. The lowest BCUT2D eigenvalue weighted by Crippen LogP contribution is -2.51. The van der Waals surface area contributed by atoms with E-state index in [4.69, 9.17) is 0 Å². The Hall–Kier alpha value is -0.466. The Morgan fingerprint density at radius 1 is 1.18 bits per heavy atom. The SMILES string of the molecule is O[Si](O)(O[Si])c1ccccc1. The van der Waals surface area contributed by atoms with E-state index in [1.165, 1.54) is 0 Å². The van der Waals surface area contributed by atoms with Crippen LogP contribution in [0.2, 0.25) is 0 Å². The molecule has 0 aromatic heterocycles. The first-order valence-corrected chi connectivity index (χ1v) is 5.23. The average Bonchev–Trinajstić information content (AvgIpc) is 2.06. The van der Waals surface area contributed by atoms with Crippen LogP contribution >= 0.6 is 0 Å². The second-order valence-electron chi connectivity index (χ2n) is 2.08. The van der Waals surface area contributed by atoms with Gasteiger partial charge in [-0.3, -0.25) is 0 Å². The molecule has 1 rings (SSSR count). The minimum atomic E-state index is -3.64. The molecule has 0 spiro atoms. The van der Waals surface area contributed by atoms with Crippen LogP contribution in [0.15, 0.2) is 30.3 Å². The number of rotatable bonds is 2. The molecular weight excluding hydrogens is 176 g/mol. The van der Waals surface area contributed by atoms with Crippen molar-refractivity contribution in [3.63, 3.8) is 0 Å². The largest absolute Gasteiger partial charge is 0.520 e. The van der Waals surface area contributed by atoms with Gasteiger partial charge in [0.2, 0.25) is 10.5 Å². The average molecular weight is 183 g/mol. The van der Waals surface area contributed by atoms with Crippen molar-refractivity contribution in [1.82, 2.24) is 0 Å². The highest BCUT2D eigenvalue weighted by molar-refractivity contribution is 6.75. The van der Waals surface area contributed by atoms with Crippen molar-refractivity contribution < 1.29 is 13.7 Å². The Labute approximate surface area is 69.2 Å². The van der Waals surface area contributed by atoms with Gasteiger partial charge in [-0.25, -0.2) is 0 Å². The summed E-state index contributed by atoms with van der Waals surface area (Å²) < 4.78 is 4.38. The van der Waals surface area contributed by atoms with E-state index in [9.17, 15) is 9.59 Å². The van der Waals surface area contributed by atoms with Crippen LogP contribution in [-0.4, -0.2) is 28.9 Å². The summed E-state index contributed by atoms with van der Waals surface area (Å²) in [5.41, 5.74) is 0. The van der Waals surface area contributed by atoms with Gasteiger partial charge in [0.05, 0.1) is 0 Å². The molecule has 57 valence electrons. The normalized spacial score (nSPS) is 11.5. The monoisotopic (exact) mass is 183 g/mol. The number of hydrogen-bond donors (Lipinski definition) is 2.